The van der Waals surface area contributed by atoms with Crippen LogP contribution in [0.4, 0.5) is 5.82 Å². The monoisotopic (exact) mass is 345 g/mol. The van der Waals surface area contributed by atoms with Crippen LogP contribution in [0.3, 0.4) is 0 Å². The van der Waals surface area contributed by atoms with Crippen molar-refractivity contribution in [1.29, 1.82) is 0 Å². The first-order valence-corrected chi connectivity index (χ1v) is 6.35. The van der Waals surface area contributed by atoms with Crippen LogP contribution < -0.4 is 5.32 Å². The molecule has 0 aliphatic carbocycles. The average Bonchev–Trinajstić information content (AvgIpc) is 2.31. The van der Waals surface area contributed by atoms with E-state index in [2.05, 4.69) is 31.2 Å². The lowest BCUT2D eigenvalue weighted by Crippen LogP contribution is -2.13. The summed E-state index contributed by atoms with van der Waals surface area (Å²) >= 11 is 14.9. The van der Waals surface area contributed by atoms with Gasteiger partial charge in [-0.05, 0) is 18.2 Å². The smallest absolute Gasteiger partial charge is 0.256 e. The topological polar surface area (TPSA) is 54.9 Å². The Morgan fingerprint density at radius 3 is 2.56 bits per heavy atom. The van der Waals surface area contributed by atoms with E-state index in [1.54, 1.807) is 18.2 Å². The molecule has 7 heteroatoms. The van der Waals surface area contributed by atoms with Gasteiger partial charge in [0.15, 0.2) is 11.0 Å². The molecule has 0 saturated carbocycles. The van der Waals surface area contributed by atoms with Crippen molar-refractivity contribution in [2.75, 3.05) is 5.32 Å². The summed E-state index contributed by atoms with van der Waals surface area (Å²) in [6, 6.07) is 4.88. The van der Waals surface area contributed by atoms with Crippen molar-refractivity contribution < 1.29 is 4.79 Å². The molecule has 4 nitrogen and oxygen atoms in total. The van der Waals surface area contributed by atoms with Gasteiger partial charge in [0.1, 0.15) is 0 Å². The maximum Gasteiger partial charge on any atom is 0.256 e. The fourth-order valence-corrected chi connectivity index (χ4v) is 2.28. The molecule has 0 spiro atoms. The summed E-state index contributed by atoms with van der Waals surface area (Å²) in [5.41, 5.74) is 0.399. The number of carbonyl (C=O) groups excluding carboxylic acids is 1. The molecule has 2 aromatic rings. The van der Waals surface area contributed by atoms with Gasteiger partial charge in [-0.25, -0.2) is 9.97 Å². The average molecular weight is 347 g/mol. The summed E-state index contributed by atoms with van der Waals surface area (Å²) in [5, 5.41) is 3.15. The van der Waals surface area contributed by atoms with Gasteiger partial charge in [-0.1, -0.05) is 39.1 Å². The van der Waals surface area contributed by atoms with Gasteiger partial charge < -0.3 is 5.32 Å². The van der Waals surface area contributed by atoms with Gasteiger partial charge in [0.25, 0.3) is 5.91 Å². The van der Waals surface area contributed by atoms with Crippen LogP contribution in [0.2, 0.25) is 10.2 Å². The summed E-state index contributed by atoms with van der Waals surface area (Å²) < 4.78 is 0.713. The van der Waals surface area contributed by atoms with Gasteiger partial charge in [0.2, 0.25) is 0 Å². The molecule has 0 aliphatic rings. The largest absolute Gasteiger partial charge is 0.304 e. The second kappa shape index (κ2) is 5.65. The van der Waals surface area contributed by atoms with Crippen LogP contribution in [0.25, 0.3) is 0 Å². The van der Waals surface area contributed by atoms with Crippen molar-refractivity contribution in [1.82, 2.24) is 9.97 Å². The van der Waals surface area contributed by atoms with E-state index >= 15 is 0 Å². The number of nitrogens with zero attached hydrogens (tertiary/aromatic N) is 2. The van der Waals surface area contributed by atoms with Crippen LogP contribution >= 0.6 is 39.1 Å². The van der Waals surface area contributed by atoms with E-state index in [-0.39, 0.29) is 16.9 Å². The number of hydrogen-bond donors (Lipinski definition) is 1. The standard InChI is InChI=1S/C11H6BrCl2N3O/c12-7-3-6(4-8(13)5-7)11(18)17-10-9(14)15-1-2-16-10/h1-5H,(H,16,17,18). The molecule has 18 heavy (non-hydrogen) atoms. The normalized spacial score (nSPS) is 10.2. The molecule has 0 unspecified atom stereocenters. The van der Waals surface area contributed by atoms with E-state index in [0.29, 0.717) is 15.1 Å². The van der Waals surface area contributed by atoms with Crippen LogP contribution in [0, 0.1) is 0 Å². The number of carbonyl (C=O) groups is 1. The van der Waals surface area contributed by atoms with Crippen LogP contribution in [0.15, 0.2) is 35.1 Å². The molecule has 0 fully saturated rings. The molecule has 2 rings (SSSR count). The third-order valence-corrected chi connectivity index (χ3v) is 2.96. The van der Waals surface area contributed by atoms with Crippen molar-refractivity contribution in [2.24, 2.45) is 0 Å². The molecular formula is C11H6BrCl2N3O. The lowest BCUT2D eigenvalue weighted by atomic mass is 10.2. The molecule has 92 valence electrons. The lowest BCUT2D eigenvalue weighted by Gasteiger charge is -2.06. The molecule has 1 aromatic carbocycles. The first kappa shape index (κ1) is 13.3. The van der Waals surface area contributed by atoms with Crippen molar-refractivity contribution in [2.45, 2.75) is 0 Å². The van der Waals surface area contributed by atoms with E-state index in [4.69, 9.17) is 23.2 Å². The third-order valence-electron chi connectivity index (χ3n) is 2.01. The first-order chi connectivity index (χ1) is 8.56. The maximum absolute atomic E-state index is 12.0. The SMILES string of the molecule is O=C(Nc1nccnc1Cl)c1cc(Cl)cc(Br)c1. The van der Waals surface area contributed by atoms with Crippen molar-refractivity contribution in [3.63, 3.8) is 0 Å². The van der Waals surface area contributed by atoms with E-state index in [9.17, 15) is 4.79 Å². The van der Waals surface area contributed by atoms with Crippen molar-refractivity contribution >= 4 is 50.9 Å². The maximum atomic E-state index is 12.0. The van der Waals surface area contributed by atoms with Crippen LogP contribution in [0.1, 0.15) is 10.4 Å². The van der Waals surface area contributed by atoms with Crippen LogP contribution in [0.5, 0.6) is 0 Å². The van der Waals surface area contributed by atoms with Crippen LogP contribution in [-0.2, 0) is 0 Å². The number of aromatic nitrogens is 2. The Labute approximate surface area is 121 Å². The predicted octanol–water partition coefficient (Wildman–Crippen LogP) is 3.80. The Hall–Kier alpha value is -1.17. The molecule has 0 saturated heterocycles. The lowest BCUT2D eigenvalue weighted by molar-refractivity contribution is 0.102. The number of hydrogen-bond acceptors (Lipinski definition) is 3. The number of halogens is 3. The highest BCUT2D eigenvalue weighted by Gasteiger charge is 2.11. The molecule has 0 radical (unpaired) electrons. The Balaban J connectivity index is 2.25. The zero-order chi connectivity index (χ0) is 13.1. The van der Waals surface area contributed by atoms with Crippen molar-refractivity contribution in [3.8, 4) is 0 Å². The molecule has 1 aromatic heterocycles. The summed E-state index contributed by atoms with van der Waals surface area (Å²) in [6.07, 6.45) is 2.88. The molecule has 0 atom stereocenters. The highest BCUT2D eigenvalue weighted by atomic mass is 79.9. The molecular weight excluding hydrogens is 341 g/mol. The molecule has 0 aliphatic heterocycles. The quantitative estimate of drug-likeness (QED) is 0.899. The van der Waals surface area contributed by atoms with E-state index in [1.165, 1.54) is 12.4 Å². The van der Waals surface area contributed by atoms with Gasteiger partial charge in [-0.2, -0.15) is 0 Å². The summed E-state index contributed by atoms with van der Waals surface area (Å²) in [6.45, 7) is 0. The zero-order valence-corrected chi connectivity index (χ0v) is 11.9. The molecule has 1 N–H and O–H groups in total. The van der Waals surface area contributed by atoms with Crippen molar-refractivity contribution in [3.05, 3.63) is 50.8 Å². The third kappa shape index (κ3) is 3.19. The number of benzene rings is 1. The fourth-order valence-electron chi connectivity index (χ4n) is 1.27. The number of nitrogens with one attached hydrogen (secondary N) is 1. The highest BCUT2D eigenvalue weighted by molar-refractivity contribution is 9.10. The minimum atomic E-state index is -0.361. The zero-order valence-electron chi connectivity index (χ0n) is 8.82. The highest BCUT2D eigenvalue weighted by Crippen LogP contribution is 2.21. The fraction of sp³-hybridized carbons (Fsp3) is 0. The van der Waals surface area contributed by atoms with Gasteiger partial charge in [0.05, 0.1) is 0 Å². The second-order valence-electron chi connectivity index (χ2n) is 3.31. The van der Waals surface area contributed by atoms with Gasteiger partial charge >= 0.3 is 0 Å². The Morgan fingerprint density at radius 1 is 1.17 bits per heavy atom. The van der Waals surface area contributed by atoms with Gasteiger partial charge in [-0.15, -0.1) is 0 Å². The number of rotatable bonds is 2. The number of anilines is 1. The van der Waals surface area contributed by atoms with E-state index in [1.807, 2.05) is 0 Å². The predicted molar refractivity (Wildman–Crippen MR) is 74.1 cm³/mol. The minimum Gasteiger partial charge on any atom is -0.304 e. The van der Waals surface area contributed by atoms with Crippen LogP contribution in [-0.4, -0.2) is 15.9 Å². The minimum absolute atomic E-state index is 0.131. The Bertz CT molecular complexity index is 586. The second-order valence-corrected chi connectivity index (χ2v) is 5.02. The first-order valence-electron chi connectivity index (χ1n) is 4.80. The van der Waals surface area contributed by atoms with Gasteiger partial charge in [0, 0.05) is 27.5 Å². The van der Waals surface area contributed by atoms with E-state index in [0.717, 1.165) is 0 Å². The number of amides is 1. The Kier molecular flexibility index (Phi) is 4.16. The molecule has 0 bridgehead atoms. The molecule has 1 amide bonds. The summed E-state index contributed by atoms with van der Waals surface area (Å²) in [4.78, 5) is 19.7. The summed E-state index contributed by atoms with van der Waals surface area (Å²) in [7, 11) is 0. The van der Waals surface area contributed by atoms with Gasteiger partial charge in [-0.3, -0.25) is 4.79 Å². The van der Waals surface area contributed by atoms with E-state index < -0.39 is 0 Å². The molecule has 1 heterocycles. The summed E-state index contributed by atoms with van der Waals surface area (Å²) in [5.74, 6) is -0.152. The Morgan fingerprint density at radius 2 is 1.89 bits per heavy atom.